The lowest BCUT2D eigenvalue weighted by Crippen LogP contribution is -1.96. The van der Waals surface area contributed by atoms with Crippen molar-refractivity contribution in [3.05, 3.63) is 58.6 Å². The van der Waals surface area contributed by atoms with Crippen LogP contribution in [0.15, 0.2) is 47.5 Å². The lowest BCUT2D eigenvalue weighted by atomic mass is 10.1. The van der Waals surface area contributed by atoms with Crippen LogP contribution in [-0.2, 0) is 0 Å². The summed E-state index contributed by atoms with van der Waals surface area (Å²) in [5.41, 5.74) is 2.41. The van der Waals surface area contributed by atoms with Gasteiger partial charge in [0.25, 0.3) is 0 Å². The first-order chi connectivity index (χ1) is 8.15. The van der Waals surface area contributed by atoms with E-state index in [-0.39, 0.29) is 5.75 Å². The van der Waals surface area contributed by atoms with Crippen molar-refractivity contribution in [2.75, 3.05) is 0 Å². The average Bonchev–Trinajstić information content (AvgIpc) is 2.32. The molecular weight excluding hydrogens is 234 g/mol. The van der Waals surface area contributed by atoms with Crippen molar-refractivity contribution in [3.8, 4) is 5.75 Å². The van der Waals surface area contributed by atoms with Gasteiger partial charge in [0.1, 0.15) is 0 Å². The Morgan fingerprint density at radius 1 is 1.12 bits per heavy atom. The zero-order valence-electron chi connectivity index (χ0n) is 9.35. The van der Waals surface area contributed by atoms with Gasteiger partial charge in [-0.1, -0.05) is 35.4 Å². The van der Waals surface area contributed by atoms with Gasteiger partial charge in [0.15, 0.2) is 0 Å². The van der Waals surface area contributed by atoms with Gasteiger partial charge in [-0.15, -0.1) is 5.75 Å². The van der Waals surface area contributed by atoms with Gasteiger partial charge in [0, 0.05) is 11.2 Å². The summed E-state index contributed by atoms with van der Waals surface area (Å²) in [6, 6.07) is 12.3. The minimum atomic E-state index is -0.0201. The Morgan fingerprint density at radius 3 is 2.53 bits per heavy atom. The van der Waals surface area contributed by atoms with Gasteiger partial charge in [-0.05, 0) is 36.8 Å². The Kier molecular flexibility index (Phi) is 3.45. The highest BCUT2D eigenvalue weighted by molar-refractivity contribution is 6.30. The number of hydrogen-bond donors (Lipinski definition) is 0. The first-order valence-electron chi connectivity index (χ1n) is 5.22. The summed E-state index contributed by atoms with van der Waals surface area (Å²) >= 11 is 5.77. The fourth-order valence-corrected chi connectivity index (χ4v) is 1.57. The molecule has 0 saturated heterocycles. The molecule has 86 valence electrons. The van der Waals surface area contributed by atoms with Crippen LogP contribution in [0.4, 0.5) is 5.69 Å². The highest BCUT2D eigenvalue weighted by Crippen LogP contribution is 2.18. The molecular formula is C14H11ClNO-. The maximum absolute atomic E-state index is 11.5. The summed E-state index contributed by atoms with van der Waals surface area (Å²) < 4.78 is 0. The molecule has 0 heterocycles. The average molecular weight is 245 g/mol. The summed E-state index contributed by atoms with van der Waals surface area (Å²) in [5.74, 6) is -0.0201. The molecule has 0 aliphatic rings. The van der Waals surface area contributed by atoms with Gasteiger partial charge < -0.3 is 5.11 Å². The standard InChI is InChI=1S/C14H12ClNO/c1-10-2-7-14(17)11(8-10)9-16-13-5-3-12(15)4-6-13/h2-9,17H,1H3/p-1. The summed E-state index contributed by atoms with van der Waals surface area (Å²) in [6.07, 6.45) is 1.58. The van der Waals surface area contributed by atoms with Crippen LogP contribution in [-0.4, -0.2) is 6.21 Å². The minimum Gasteiger partial charge on any atom is -0.872 e. The summed E-state index contributed by atoms with van der Waals surface area (Å²) in [6.45, 7) is 1.94. The van der Waals surface area contributed by atoms with Crippen LogP contribution >= 0.6 is 11.6 Å². The van der Waals surface area contributed by atoms with E-state index in [4.69, 9.17) is 11.6 Å². The second-order valence-corrected chi connectivity index (χ2v) is 4.21. The van der Waals surface area contributed by atoms with E-state index in [1.54, 1.807) is 42.6 Å². The smallest absolute Gasteiger partial charge is 0.0630 e. The van der Waals surface area contributed by atoms with Crippen molar-refractivity contribution in [1.82, 2.24) is 0 Å². The van der Waals surface area contributed by atoms with Crippen molar-refractivity contribution in [3.63, 3.8) is 0 Å². The molecule has 0 atom stereocenters. The third-order valence-electron chi connectivity index (χ3n) is 2.34. The van der Waals surface area contributed by atoms with E-state index in [2.05, 4.69) is 4.99 Å². The Bertz CT molecular complexity index is 547. The molecule has 0 aliphatic carbocycles. The van der Waals surface area contributed by atoms with Crippen molar-refractivity contribution in [1.29, 1.82) is 0 Å². The predicted octanol–water partition coefficient (Wildman–Crippen LogP) is 3.47. The number of hydrogen-bond acceptors (Lipinski definition) is 2. The zero-order valence-corrected chi connectivity index (χ0v) is 10.1. The molecule has 0 aliphatic heterocycles. The Hall–Kier alpha value is -1.80. The monoisotopic (exact) mass is 244 g/mol. The molecule has 0 unspecified atom stereocenters. The maximum atomic E-state index is 11.5. The zero-order chi connectivity index (χ0) is 12.3. The molecule has 0 fully saturated rings. The predicted molar refractivity (Wildman–Crippen MR) is 69.3 cm³/mol. The van der Waals surface area contributed by atoms with Crippen LogP contribution < -0.4 is 5.11 Å². The summed E-state index contributed by atoms with van der Waals surface area (Å²) in [5, 5.41) is 12.2. The molecule has 0 radical (unpaired) electrons. The van der Waals surface area contributed by atoms with E-state index >= 15 is 0 Å². The van der Waals surface area contributed by atoms with E-state index < -0.39 is 0 Å². The van der Waals surface area contributed by atoms with Crippen LogP contribution in [0.1, 0.15) is 11.1 Å². The summed E-state index contributed by atoms with van der Waals surface area (Å²) in [7, 11) is 0. The maximum Gasteiger partial charge on any atom is 0.0630 e. The quantitative estimate of drug-likeness (QED) is 0.745. The van der Waals surface area contributed by atoms with Crippen molar-refractivity contribution >= 4 is 23.5 Å². The highest BCUT2D eigenvalue weighted by atomic mass is 35.5. The van der Waals surface area contributed by atoms with Crippen molar-refractivity contribution in [2.45, 2.75) is 6.92 Å². The molecule has 0 saturated carbocycles. The lowest BCUT2D eigenvalue weighted by molar-refractivity contribution is -0.268. The summed E-state index contributed by atoms with van der Waals surface area (Å²) in [4.78, 5) is 4.24. The van der Waals surface area contributed by atoms with Gasteiger partial charge in [-0.25, -0.2) is 0 Å². The van der Waals surface area contributed by atoms with Crippen molar-refractivity contribution in [2.24, 2.45) is 4.99 Å². The van der Waals surface area contributed by atoms with Crippen LogP contribution in [0.3, 0.4) is 0 Å². The topological polar surface area (TPSA) is 35.4 Å². The molecule has 3 heteroatoms. The van der Waals surface area contributed by atoms with E-state index in [1.807, 2.05) is 13.0 Å². The molecule has 0 amide bonds. The Balaban J connectivity index is 2.25. The highest BCUT2D eigenvalue weighted by Gasteiger charge is 1.92. The van der Waals surface area contributed by atoms with Gasteiger partial charge in [0.05, 0.1) is 5.69 Å². The van der Waals surface area contributed by atoms with Crippen LogP contribution in [0.25, 0.3) is 0 Å². The molecule has 2 rings (SSSR count). The van der Waals surface area contributed by atoms with E-state index in [0.29, 0.717) is 10.6 Å². The number of aryl methyl sites for hydroxylation is 1. The molecule has 0 aromatic heterocycles. The van der Waals surface area contributed by atoms with E-state index in [1.165, 1.54) is 0 Å². The van der Waals surface area contributed by atoms with Crippen LogP contribution in [0.2, 0.25) is 5.02 Å². The second-order valence-electron chi connectivity index (χ2n) is 3.78. The molecule has 2 aromatic carbocycles. The Morgan fingerprint density at radius 2 is 1.82 bits per heavy atom. The van der Waals surface area contributed by atoms with E-state index in [0.717, 1.165) is 11.3 Å². The number of nitrogens with zero attached hydrogens (tertiary/aromatic N) is 1. The fourth-order valence-electron chi connectivity index (χ4n) is 1.44. The fraction of sp³-hybridized carbons (Fsp3) is 0.0714. The SMILES string of the molecule is Cc1ccc([O-])c(C=Nc2ccc(Cl)cc2)c1. The molecule has 2 nitrogen and oxygen atoms in total. The molecule has 0 spiro atoms. The number of halogens is 1. The first-order valence-corrected chi connectivity index (χ1v) is 5.60. The normalized spacial score (nSPS) is 10.9. The molecule has 2 aromatic rings. The molecule has 0 bridgehead atoms. The lowest BCUT2D eigenvalue weighted by Gasteiger charge is -2.09. The first kappa shape index (κ1) is 11.7. The van der Waals surface area contributed by atoms with Gasteiger partial charge in [0.2, 0.25) is 0 Å². The van der Waals surface area contributed by atoms with Crippen molar-refractivity contribution < 1.29 is 5.11 Å². The van der Waals surface area contributed by atoms with Crippen LogP contribution in [0.5, 0.6) is 5.75 Å². The third kappa shape index (κ3) is 3.08. The minimum absolute atomic E-state index is 0.0201. The molecule has 0 N–H and O–H groups in total. The van der Waals surface area contributed by atoms with Gasteiger partial charge >= 0.3 is 0 Å². The largest absolute Gasteiger partial charge is 0.872 e. The number of aliphatic imine (C=N–C) groups is 1. The number of rotatable bonds is 2. The van der Waals surface area contributed by atoms with E-state index in [9.17, 15) is 5.11 Å². The van der Waals surface area contributed by atoms with Gasteiger partial charge in [-0.3, -0.25) is 4.99 Å². The third-order valence-corrected chi connectivity index (χ3v) is 2.60. The second kappa shape index (κ2) is 5.02. The number of benzene rings is 2. The Labute approximate surface area is 105 Å². The molecule has 17 heavy (non-hydrogen) atoms. The van der Waals surface area contributed by atoms with Gasteiger partial charge in [-0.2, -0.15) is 0 Å². The van der Waals surface area contributed by atoms with Crippen LogP contribution in [0, 0.1) is 6.92 Å².